The molecule has 3 atom stereocenters. The normalized spacial score (nSPS) is 24.2. The zero-order valence-electron chi connectivity index (χ0n) is 16.1. The molecule has 5 rings (SSSR count). The van der Waals surface area contributed by atoms with Crippen molar-refractivity contribution in [1.29, 1.82) is 0 Å². The van der Waals surface area contributed by atoms with Gasteiger partial charge in [0, 0.05) is 38.2 Å². The largest absolute Gasteiger partial charge is 0.472 e. The molecule has 2 fully saturated rings. The van der Waals surface area contributed by atoms with Crippen LogP contribution in [0.5, 0.6) is 0 Å². The molecule has 0 saturated carbocycles. The molecule has 2 aliphatic rings. The summed E-state index contributed by atoms with van der Waals surface area (Å²) in [6.07, 6.45) is 2.97. The summed E-state index contributed by atoms with van der Waals surface area (Å²) in [5.74, 6) is 1.01. The molecule has 6 nitrogen and oxygen atoms in total. The fourth-order valence-corrected chi connectivity index (χ4v) is 4.87. The summed E-state index contributed by atoms with van der Waals surface area (Å²) in [5.41, 5.74) is 2.28. The van der Waals surface area contributed by atoms with E-state index in [2.05, 4.69) is 10.1 Å². The number of amides is 1. The van der Waals surface area contributed by atoms with Crippen molar-refractivity contribution in [3.8, 4) is 0 Å². The first-order chi connectivity index (χ1) is 14.1. The number of fused-ring (bicyclic) bond motifs is 1. The number of nitrogens with zero attached hydrogens (tertiary/aromatic N) is 3. The van der Waals surface area contributed by atoms with Gasteiger partial charge < -0.3 is 13.8 Å². The summed E-state index contributed by atoms with van der Waals surface area (Å²) in [7, 11) is 0. The number of furan rings is 1. The van der Waals surface area contributed by atoms with Gasteiger partial charge in [-0.2, -0.15) is 0 Å². The average molecular weight is 395 g/mol. The Kier molecular flexibility index (Phi) is 4.47. The van der Waals surface area contributed by atoms with E-state index in [0.717, 1.165) is 36.7 Å². The number of carbonyl (C=O) groups is 1. The number of likely N-dealkylation sites (tertiary alicyclic amines) is 2. The highest BCUT2D eigenvalue weighted by molar-refractivity contribution is 5.94. The molecular formula is C22H22FN3O3. The smallest absolute Gasteiger partial charge is 0.257 e. The van der Waals surface area contributed by atoms with Gasteiger partial charge in [-0.1, -0.05) is 17.3 Å². The van der Waals surface area contributed by atoms with Gasteiger partial charge in [-0.05, 0) is 36.6 Å². The maximum absolute atomic E-state index is 14.0. The summed E-state index contributed by atoms with van der Waals surface area (Å²) >= 11 is 0. The van der Waals surface area contributed by atoms with E-state index < -0.39 is 0 Å². The second kappa shape index (κ2) is 7.15. The van der Waals surface area contributed by atoms with E-state index >= 15 is 0 Å². The van der Waals surface area contributed by atoms with Gasteiger partial charge in [-0.3, -0.25) is 9.69 Å². The lowest BCUT2D eigenvalue weighted by Crippen LogP contribution is -2.35. The number of benzene rings is 1. The van der Waals surface area contributed by atoms with Crippen LogP contribution in [0.15, 0.2) is 57.9 Å². The molecule has 0 spiro atoms. The lowest BCUT2D eigenvalue weighted by molar-refractivity contribution is 0.0698. The number of carbonyl (C=O) groups excluding carboxylic acids is 1. The summed E-state index contributed by atoms with van der Waals surface area (Å²) in [6, 6.07) is 10.1. The molecule has 2 aromatic heterocycles. The maximum Gasteiger partial charge on any atom is 0.257 e. The van der Waals surface area contributed by atoms with E-state index in [1.54, 1.807) is 18.2 Å². The molecule has 0 unspecified atom stereocenters. The van der Waals surface area contributed by atoms with Crippen molar-refractivity contribution in [1.82, 2.24) is 15.0 Å². The molecular weight excluding hydrogens is 373 g/mol. The summed E-state index contributed by atoms with van der Waals surface area (Å²) in [5, 5.41) is 4.10. The number of hydrogen-bond donors (Lipinski definition) is 0. The van der Waals surface area contributed by atoms with Gasteiger partial charge in [-0.15, -0.1) is 0 Å². The van der Waals surface area contributed by atoms with Crippen LogP contribution in [-0.4, -0.2) is 40.5 Å². The van der Waals surface area contributed by atoms with Crippen molar-refractivity contribution in [3.05, 3.63) is 77.3 Å². The first-order valence-corrected chi connectivity index (χ1v) is 9.81. The molecule has 2 aliphatic heterocycles. The van der Waals surface area contributed by atoms with E-state index in [-0.39, 0.29) is 23.7 Å². The standard InChI is InChI=1S/C22H22FN3O3/c1-14-7-19(24-29-14)11-25-9-17-10-26(22(27)16-5-6-28-13-16)21(20(17)12-25)15-3-2-4-18(23)8-15/h2-8,13,17,20-21H,9-12H2,1H3/t17-,20-,21+/m0/s1. The van der Waals surface area contributed by atoms with Crippen molar-refractivity contribution in [2.24, 2.45) is 11.8 Å². The van der Waals surface area contributed by atoms with Gasteiger partial charge >= 0.3 is 0 Å². The van der Waals surface area contributed by atoms with E-state index in [1.165, 1.54) is 18.6 Å². The van der Waals surface area contributed by atoms with Crippen LogP contribution >= 0.6 is 0 Å². The van der Waals surface area contributed by atoms with Crippen LogP contribution in [0.2, 0.25) is 0 Å². The Morgan fingerprint density at radius 2 is 2.14 bits per heavy atom. The van der Waals surface area contributed by atoms with E-state index in [4.69, 9.17) is 8.94 Å². The minimum absolute atomic E-state index is 0.0684. The first-order valence-electron chi connectivity index (χ1n) is 9.81. The van der Waals surface area contributed by atoms with Crippen molar-refractivity contribution in [3.63, 3.8) is 0 Å². The lowest BCUT2D eigenvalue weighted by atomic mass is 9.89. The maximum atomic E-state index is 14.0. The molecule has 1 amide bonds. The number of aromatic nitrogens is 1. The SMILES string of the molecule is Cc1cc(CN2C[C@H]3CN(C(=O)c4ccoc4)[C@H](c4cccc(F)c4)[C@H]3C2)no1. The molecule has 7 heteroatoms. The van der Waals surface area contributed by atoms with Gasteiger partial charge in [0.1, 0.15) is 17.8 Å². The molecule has 29 heavy (non-hydrogen) atoms. The fourth-order valence-electron chi connectivity index (χ4n) is 4.87. The van der Waals surface area contributed by atoms with Crippen molar-refractivity contribution in [2.45, 2.75) is 19.5 Å². The first kappa shape index (κ1) is 18.1. The summed E-state index contributed by atoms with van der Waals surface area (Å²) in [4.78, 5) is 17.3. The Hall–Kier alpha value is -2.93. The van der Waals surface area contributed by atoms with Gasteiger partial charge in [0.15, 0.2) is 0 Å². The van der Waals surface area contributed by atoms with Crippen LogP contribution in [-0.2, 0) is 6.54 Å². The van der Waals surface area contributed by atoms with Crippen LogP contribution in [0.1, 0.15) is 33.4 Å². The van der Waals surface area contributed by atoms with Crippen LogP contribution < -0.4 is 0 Å². The third-order valence-electron chi connectivity index (χ3n) is 6.02. The van der Waals surface area contributed by atoms with Gasteiger partial charge in [0.2, 0.25) is 0 Å². The van der Waals surface area contributed by atoms with Gasteiger partial charge in [0.05, 0.1) is 23.6 Å². The molecule has 0 aliphatic carbocycles. The van der Waals surface area contributed by atoms with E-state index in [0.29, 0.717) is 18.0 Å². The fraction of sp³-hybridized carbons (Fsp3) is 0.364. The highest BCUT2D eigenvalue weighted by Gasteiger charge is 2.49. The number of halogens is 1. The third-order valence-corrected chi connectivity index (χ3v) is 6.02. The minimum Gasteiger partial charge on any atom is -0.472 e. The Morgan fingerprint density at radius 1 is 1.24 bits per heavy atom. The highest BCUT2D eigenvalue weighted by Crippen LogP contribution is 2.46. The Bertz CT molecular complexity index is 1020. The molecule has 3 aromatic rings. The Labute approximate surface area is 167 Å². The van der Waals surface area contributed by atoms with Crippen LogP contribution in [0.3, 0.4) is 0 Å². The van der Waals surface area contributed by atoms with E-state index in [1.807, 2.05) is 24.0 Å². The number of hydrogen-bond acceptors (Lipinski definition) is 5. The highest BCUT2D eigenvalue weighted by atomic mass is 19.1. The lowest BCUT2D eigenvalue weighted by Gasteiger charge is -2.29. The van der Waals surface area contributed by atoms with Crippen molar-refractivity contribution >= 4 is 5.91 Å². The second-order valence-electron chi connectivity index (χ2n) is 8.02. The Morgan fingerprint density at radius 3 is 2.86 bits per heavy atom. The predicted octanol–water partition coefficient (Wildman–Crippen LogP) is 3.66. The molecule has 0 radical (unpaired) electrons. The van der Waals surface area contributed by atoms with Crippen LogP contribution in [0.25, 0.3) is 0 Å². The topological polar surface area (TPSA) is 62.7 Å². The zero-order chi connectivity index (χ0) is 20.0. The molecule has 2 saturated heterocycles. The molecule has 1 aromatic carbocycles. The number of rotatable bonds is 4. The Balaban J connectivity index is 1.42. The van der Waals surface area contributed by atoms with E-state index in [9.17, 15) is 9.18 Å². The summed E-state index contributed by atoms with van der Waals surface area (Å²) < 4.78 is 24.3. The molecule has 150 valence electrons. The van der Waals surface area contributed by atoms with Gasteiger partial charge in [-0.25, -0.2) is 4.39 Å². The molecule has 0 N–H and O–H groups in total. The monoisotopic (exact) mass is 395 g/mol. The van der Waals surface area contributed by atoms with Crippen molar-refractivity contribution < 1.29 is 18.1 Å². The molecule has 4 heterocycles. The second-order valence-corrected chi connectivity index (χ2v) is 8.02. The minimum atomic E-state index is -0.283. The van der Waals surface area contributed by atoms with Crippen LogP contribution in [0.4, 0.5) is 4.39 Å². The van der Waals surface area contributed by atoms with Crippen molar-refractivity contribution in [2.75, 3.05) is 19.6 Å². The average Bonchev–Trinajstić information content (AvgIpc) is 3.46. The van der Waals surface area contributed by atoms with Gasteiger partial charge in [0.25, 0.3) is 5.91 Å². The predicted molar refractivity (Wildman–Crippen MR) is 102 cm³/mol. The third kappa shape index (κ3) is 3.35. The zero-order valence-corrected chi connectivity index (χ0v) is 16.1. The quantitative estimate of drug-likeness (QED) is 0.675. The number of aryl methyl sites for hydroxylation is 1. The van der Waals surface area contributed by atoms with Crippen LogP contribution in [0, 0.1) is 24.6 Å². The summed E-state index contributed by atoms with van der Waals surface area (Å²) in [6.45, 7) is 4.94. The molecule has 0 bridgehead atoms.